The molecule has 0 spiro atoms. The average molecular weight is 406 g/mol. The first-order chi connectivity index (χ1) is 9.78. The van der Waals surface area contributed by atoms with E-state index in [2.05, 4.69) is 40.3 Å². The number of aromatic nitrogens is 1. The monoisotopic (exact) mass is 406 g/mol. The molecule has 0 aromatic carbocycles. The topological polar surface area (TPSA) is 53.7 Å². The van der Waals surface area contributed by atoms with Gasteiger partial charge < -0.3 is 14.7 Å². The molecule has 6 heteroatoms. The van der Waals surface area contributed by atoms with Crippen molar-refractivity contribution in [2.75, 3.05) is 20.1 Å². The third-order valence-electron chi connectivity index (χ3n) is 4.02. The molecule has 1 N–H and O–H groups in total. The van der Waals surface area contributed by atoms with Gasteiger partial charge in [-0.15, -0.1) is 24.0 Å². The molecule has 0 atom stereocenters. The zero-order valence-corrected chi connectivity index (χ0v) is 15.6. The van der Waals surface area contributed by atoms with Crippen LogP contribution in [0.15, 0.2) is 15.6 Å². The predicted molar refractivity (Wildman–Crippen MR) is 96.2 cm³/mol. The SMILES string of the molecule is CCC(CC)c1cc(CNC(=NC)N2CCCC2)on1.I. The summed E-state index contributed by atoms with van der Waals surface area (Å²) in [6, 6.07) is 2.07. The van der Waals surface area contributed by atoms with Crippen LogP contribution in [-0.4, -0.2) is 36.2 Å². The largest absolute Gasteiger partial charge is 0.359 e. The maximum Gasteiger partial charge on any atom is 0.194 e. The van der Waals surface area contributed by atoms with Gasteiger partial charge in [-0.25, -0.2) is 0 Å². The Labute approximate surface area is 144 Å². The lowest BCUT2D eigenvalue weighted by Gasteiger charge is -2.20. The Kier molecular flexibility index (Phi) is 8.06. The Morgan fingerprint density at radius 1 is 1.38 bits per heavy atom. The van der Waals surface area contributed by atoms with E-state index in [1.54, 1.807) is 0 Å². The van der Waals surface area contributed by atoms with Crippen molar-refractivity contribution in [2.24, 2.45) is 4.99 Å². The first-order valence-corrected chi connectivity index (χ1v) is 7.69. The standard InChI is InChI=1S/C15H26N4O.HI/c1-4-12(5-2)14-10-13(20-18-14)11-17-15(16-3)19-8-6-7-9-19;/h10,12H,4-9,11H2,1-3H3,(H,16,17);1H. The van der Waals surface area contributed by atoms with E-state index in [1.165, 1.54) is 12.8 Å². The molecule has 1 saturated heterocycles. The van der Waals surface area contributed by atoms with Gasteiger partial charge in [0.2, 0.25) is 0 Å². The zero-order valence-electron chi connectivity index (χ0n) is 13.3. The molecule has 0 radical (unpaired) electrons. The van der Waals surface area contributed by atoms with Crippen molar-refractivity contribution in [3.05, 3.63) is 17.5 Å². The van der Waals surface area contributed by atoms with Crippen molar-refractivity contribution in [2.45, 2.75) is 52.0 Å². The van der Waals surface area contributed by atoms with Crippen molar-refractivity contribution in [1.82, 2.24) is 15.4 Å². The van der Waals surface area contributed by atoms with E-state index in [0.717, 1.165) is 43.3 Å². The van der Waals surface area contributed by atoms with E-state index in [-0.39, 0.29) is 24.0 Å². The number of nitrogens with zero attached hydrogens (tertiary/aromatic N) is 3. The molecule has 1 fully saturated rings. The molecule has 0 saturated carbocycles. The first-order valence-electron chi connectivity index (χ1n) is 7.69. The van der Waals surface area contributed by atoms with E-state index < -0.39 is 0 Å². The molecule has 1 aliphatic rings. The van der Waals surface area contributed by atoms with E-state index in [1.807, 2.05) is 7.05 Å². The van der Waals surface area contributed by atoms with Gasteiger partial charge in [-0.05, 0) is 25.7 Å². The highest BCUT2D eigenvalue weighted by atomic mass is 127. The molecule has 1 aromatic rings. The fourth-order valence-electron chi connectivity index (χ4n) is 2.74. The Hall–Kier alpha value is -0.790. The van der Waals surface area contributed by atoms with E-state index in [9.17, 15) is 0 Å². The average Bonchev–Trinajstić information content (AvgIpc) is 3.13. The summed E-state index contributed by atoms with van der Waals surface area (Å²) >= 11 is 0. The Morgan fingerprint density at radius 2 is 2.05 bits per heavy atom. The molecule has 120 valence electrons. The van der Waals surface area contributed by atoms with E-state index in [0.29, 0.717) is 12.5 Å². The Bertz CT molecular complexity index is 437. The second-order valence-electron chi connectivity index (χ2n) is 5.33. The summed E-state index contributed by atoms with van der Waals surface area (Å²) in [6.07, 6.45) is 4.71. The number of likely N-dealkylation sites (tertiary alicyclic amines) is 1. The van der Waals surface area contributed by atoms with E-state index in [4.69, 9.17) is 4.52 Å². The van der Waals surface area contributed by atoms with Crippen molar-refractivity contribution in [3.63, 3.8) is 0 Å². The molecule has 2 rings (SSSR count). The predicted octanol–water partition coefficient (Wildman–Crippen LogP) is 3.37. The molecule has 1 aromatic heterocycles. The number of aliphatic imine (C=N–C) groups is 1. The normalized spacial score (nSPS) is 15.4. The van der Waals surface area contributed by atoms with Crippen LogP contribution in [0.1, 0.15) is 56.9 Å². The number of hydrogen-bond acceptors (Lipinski definition) is 3. The third kappa shape index (κ3) is 4.86. The van der Waals surface area contributed by atoms with Gasteiger partial charge in [0.05, 0.1) is 12.2 Å². The van der Waals surface area contributed by atoms with Crippen molar-refractivity contribution in [3.8, 4) is 0 Å². The van der Waals surface area contributed by atoms with Crippen LogP contribution >= 0.6 is 24.0 Å². The quantitative estimate of drug-likeness (QED) is 0.463. The molecule has 0 aliphatic carbocycles. The lowest BCUT2D eigenvalue weighted by molar-refractivity contribution is 0.365. The number of halogens is 1. The van der Waals surface area contributed by atoms with Gasteiger partial charge in [0, 0.05) is 32.1 Å². The lowest BCUT2D eigenvalue weighted by Crippen LogP contribution is -2.39. The van der Waals surface area contributed by atoms with Crippen LogP contribution in [0, 0.1) is 0 Å². The van der Waals surface area contributed by atoms with Crippen LogP contribution in [0.25, 0.3) is 0 Å². The maximum absolute atomic E-state index is 5.42. The second kappa shape index (κ2) is 9.27. The highest BCUT2D eigenvalue weighted by Crippen LogP contribution is 2.22. The molecule has 0 bridgehead atoms. The molecule has 21 heavy (non-hydrogen) atoms. The van der Waals surface area contributed by atoms with Crippen LogP contribution in [0.4, 0.5) is 0 Å². The molecule has 2 heterocycles. The Morgan fingerprint density at radius 3 is 2.62 bits per heavy atom. The van der Waals surface area contributed by atoms with Gasteiger partial charge in [-0.2, -0.15) is 0 Å². The summed E-state index contributed by atoms with van der Waals surface area (Å²) in [5, 5.41) is 7.55. The molecule has 5 nitrogen and oxygen atoms in total. The Balaban J connectivity index is 0.00000220. The second-order valence-corrected chi connectivity index (χ2v) is 5.33. The molecular formula is C15H27IN4O. The van der Waals surface area contributed by atoms with Gasteiger partial charge in [0.25, 0.3) is 0 Å². The highest BCUT2D eigenvalue weighted by molar-refractivity contribution is 14.0. The highest BCUT2D eigenvalue weighted by Gasteiger charge is 2.17. The lowest BCUT2D eigenvalue weighted by atomic mass is 9.99. The zero-order chi connectivity index (χ0) is 14.4. The maximum atomic E-state index is 5.42. The summed E-state index contributed by atoms with van der Waals surface area (Å²) < 4.78 is 5.42. The number of guanidine groups is 1. The minimum Gasteiger partial charge on any atom is -0.359 e. The summed E-state index contributed by atoms with van der Waals surface area (Å²) in [4.78, 5) is 6.62. The molecular weight excluding hydrogens is 379 g/mol. The smallest absolute Gasteiger partial charge is 0.194 e. The van der Waals surface area contributed by atoms with Crippen LogP contribution in [0.2, 0.25) is 0 Å². The van der Waals surface area contributed by atoms with Crippen molar-refractivity contribution in [1.29, 1.82) is 0 Å². The minimum absolute atomic E-state index is 0. The van der Waals surface area contributed by atoms with Gasteiger partial charge >= 0.3 is 0 Å². The number of hydrogen-bond donors (Lipinski definition) is 1. The summed E-state index contributed by atoms with van der Waals surface area (Å²) in [7, 11) is 1.83. The van der Waals surface area contributed by atoms with E-state index >= 15 is 0 Å². The minimum atomic E-state index is 0. The van der Waals surface area contributed by atoms with Crippen LogP contribution in [0.3, 0.4) is 0 Å². The van der Waals surface area contributed by atoms with Gasteiger partial charge in [0.1, 0.15) is 0 Å². The summed E-state index contributed by atoms with van der Waals surface area (Å²) in [6.45, 7) is 7.21. The molecule has 1 aliphatic heterocycles. The number of rotatable bonds is 5. The van der Waals surface area contributed by atoms with Crippen molar-refractivity contribution >= 4 is 29.9 Å². The first kappa shape index (κ1) is 18.3. The fourth-order valence-corrected chi connectivity index (χ4v) is 2.74. The van der Waals surface area contributed by atoms with Gasteiger partial charge in [-0.3, -0.25) is 4.99 Å². The van der Waals surface area contributed by atoms with Crippen LogP contribution in [-0.2, 0) is 6.54 Å². The van der Waals surface area contributed by atoms with Crippen LogP contribution in [0.5, 0.6) is 0 Å². The third-order valence-corrected chi connectivity index (χ3v) is 4.02. The van der Waals surface area contributed by atoms with Crippen molar-refractivity contribution < 1.29 is 4.52 Å². The summed E-state index contributed by atoms with van der Waals surface area (Å²) in [5.74, 6) is 2.35. The summed E-state index contributed by atoms with van der Waals surface area (Å²) in [5.41, 5.74) is 1.07. The van der Waals surface area contributed by atoms with Crippen LogP contribution < -0.4 is 5.32 Å². The molecule has 0 amide bonds. The van der Waals surface area contributed by atoms with Gasteiger partial charge in [-0.1, -0.05) is 19.0 Å². The molecule has 0 unspecified atom stereocenters. The fraction of sp³-hybridized carbons (Fsp3) is 0.733. The number of nitrogens with one attached hydrogen (secondary N) is 1. The van der Waals surface area contributed by atoms with Gasteiger partial charge in [0.15, 0.2) is 11.7 Å².